The molecule has 1 aromatic carbocycles. The maximum absolute atomic E-state index is 14.3. The van der Waals surface area contributed by atoms with Crippen LogP contribution >= 0.6 is 0 Å². The Morgan fingerprint density at radius 1 is 1.23 bits per heavy atom. The van der Waals surface area contributed by atoms with Gasteiger partial charge in [0.25, 0.3) is 0 Å². The summed E-state index contributed by atoms with van der Waals surface area (Å²) < 4.78 is 28.8. The number of aryl methyl sites for hydroxylation is 1. The summed E-state index contributed by atoms with van der Waals surface area (Å²) in [7, 11) is 1.75. The lowest BCUT2D eigenvalue weighted by atomic mass is 10.0. The van der Waals surface area contributed by atoms with E-state index in [1.165, 1.54) is 18.3 Å². The molecule has 1 aliphatic heterocycles. The average Bonchev–Trinajstić information content (AvgIpc) is 3.12. The molecule has 0 spiro atoms. The van der Waals surface area contributed by atoms with Crippen LogP contribution in [0.5, 0.6) is 0 Å². The summed E-state index contributed by atoms with van der Waals surface area (Å²) in [5, 5.41) is 6.84. The lowest BCUT2D eigenvalue weighted by molar-refractivity contribution is -0.111. The highest BCUT2D eigenvalue weighted by Gasteiger charge is 2.25. The predicted octanol–water partition coefficient (Wildman–Crippen LogP) is 3.43. The van der Waals surface area contributed by atoms with Crippen LogP contribution in [0.25, 0.3) is 17.2 Å². The normalized spacial score (nSPS) is 14.8. The SMILES string of the molecule is Cn1cc(-c2c(F)cncc2C=CC(=O)Nc2ccc(CN3CC(F)C3)cc2)cn1. The third kappa shape index (κ3) is 4.60. The number of aromatic nitrogens is 3. The molecular weight excluding hydrogens is 388 g/mol. The van der Waals surface area contributed by atoms with Crippen LogP contribution in [0, 0.1) is 5.82 Å². The van der Waals surface area contributed by atoms with Crippen LogP contribution < -0.4 is 5.32 Å². The van der Waals surface area contributed by atoms with Crippen molar-refractivity contribution in [2.24, 2.45) is 7.05 Å². The van der Waals surface area contributed by atoms with E-state index in [1.807, 2.05) is 17.0 Å². The third-order valence-electron chi connectivity index (χ3n) is 4.88. The van der Waals surface area contributed by atoms with Gasteiger partial charge in [-0.2, -0.15) is 5.10 Å². The number of amides is 1. The number of alkyl halides is 1. The molecule has 3 heterocycles. The number of anilines is 1. The largest absolute Gasteiger partial charge is 0.323 e. The Morgan fingerprint density at radius 2 is 2.00 bits per heavy atom. The lowest BCUT2D eigenvalue weighted by Gasteiger charge is -2.34. The van der Waals surface area contributed by atoms with E-state index >= 15 is 0 Å². The second-order valence-electron chi connectivity index (χ2n) is 7.30. The highest BCUT2D eigenvalue weighted by atomic mass is 19.1. The smallest absolute Gasteiger partial charge is 0.248 e. The third-order valence-corrected chi connectivity index (χ3v) is 4.88. The highest BCUT2D eigenvalue weighted by Crippen LogP contribution is 2.26. The minimum Gasteiger partial charge on any atom is -0.323 e. The van der Waals surface area contributed by atoms with Gasteiger partial charge in [-0.1, -0.05) is 12.1 Å². The molecular formula is C22H21F2N5O. The molecule has 1 N–H and O–H groups in total. The zero-order chi connectivity index (χ0) is 21.1. The van der Waals surface area contributed by atoms with Gasteiger partial charge in [-0.05, 0) is 23.8 Å². The van der Waals surface area contributed by atoms with Gasteiger partial charge in [0.15, 0.2) is 0 Å². The van der Waals surface area contributed by atoms with Crippen molar-refractivity contribution in [3.63, 3.8) is 0 Å². The molecule has 154 valence electrons. The van der Waals surface area contributed by atoms with E-state index in [2.05, 4.69) is 15.4 Å². The van der Waals surface area contributed by atoms with Crippen molar-refractivity contribution in [2.45, 2.75) is 12.7 Å². The Hall–Kier alpha value is -3.39. The first kappa shape index (κ1) is 19.9. The number of rotatable bonds is 6. The monoisotopic (exact) mass is 409 g/mol. The van der Waals surface area contributed by atoms with Gasteiger partial charge in [0, 0.05) is 67.5 Å². The summed E-state index contributed by atoms with van der Waals surface area (Å²) >= 11 is 0. The van der Waals surface area contributed by atoms with Crippen molar-refractivity contribution in [1.82, 2.24) is 19.7 Å². The molecule has 0 aliphatic carbocycles. The Labute approximate surface area is 172 Å². The molecule has 0 atom stereocenters. The Balaban J connectivity index is 1.41. The van der Waals surface area contributed by atoms with Gasteiger partial charge in [0.05, 0.1) is 12.4 Å². The molecule has 1 saturated heterocycles. The number of hydrogen-bond acceptors (Lipinski definition) is 4. The molecule has 2 aromatic heterocycles. The number of carbonyl (C=O) groups is 1. The van der Waals surface area contributed by atoms with Crippen LogP contribution in [0.2, 0.25) is 0 Å². The number of nitrogens with zero attached hydrogens (tertiary/aromatic N) is 4. The maximum Gasteiger partial charge on any atom is 0.248 e. The molecule has 0 radical (unpaired) electrons. The molecule has 0 bridgehead atoms. The fraction of sp³-hybridized carbons (Fsp3) is 0.227. The van der Waals surface area contributed by atoms with Gasteiger partial charge in [-0.3, -0.25) is 19.4 Å². The van der Waals surface area contributed by atoms with E-state index in [9.17, 15) is 13.6 Å². The minimum absolute atomic E-state index is 0.341. The van der Waals surface area contributed by atoms with Crippen LogP contribution in [-0.4, -0.2) is 44.8 Å². The number of carbonyl (C=O) groups excluding carboxylic acids is 1. The van der Waals surface area contributed by atoms with Crippen LogP contribution in [0.1, 0.15) is 11.1 Å². The fourth-order valence-electron chi connectivity index (χ4n) is 3.37. The van der Waals surface area contributed by atoms with Crippen molar-refractivity contribution >= 4 is 17.7 Å². The second-order valence-corrected chi connectivity index (χ2v) is 7.30. The number of nitrogens with one attached hydrogen (secondary N) is 1. The molecule has 30 heavy (non-hydrogen) atoms. The van der Waals surface area contributed by atoms with Crippen molar-refractivity contribution in [2.75, 3.05) is 18.4 Å². The van der Waals surface area contributed by atoms with Crippen molar-refractivity contribution in [1.29, 1.82) is 0 Å². The van der Waals surface area contributed by atoms with Gasteiger partial charge < -0.3 is 5.32 Å². The summed E-state index contributed by atoms with van der Waals surface area (Å²) in [6.07, 6.45) is 8.04. The molecule has 1 fully saturated rings. The second kappa shape index (κ2) is 8.54. The Morgan fingerprint density at radius 3 is 2.67 bits per heavy atom. The summed E-state index contributed by atoms with van der Waals surface area (Å²) in [5.74, 6) is -0.824. The van der Waals surface area contributed by atoms with Gasteiger partial charge in [-0.25, -0.2) is 8.78 Å². The van der Waals surface area contributed by atoms with E-state index in [0.717, 1.165) is 11.8 Å². The van der Waals surface area contributed by atoms with Crippen LogP contribution in [-0.2, 0) is 18.4 Å². The van der Waals surface area contributed by atoms with Crippen molar-refractivity contribution < 1.29 is 13.6 Å². The average molecular weight is 409 g/mol. The van der Waals surface area contributed by atoms with Crippen LogP contribution in [0.3, 0.4) is 0 Å². The zero-order valence-corrected chi connectivity index (χ0v) is 16.4. The van der Waals surface area contributed by atoms with E-state index in [4.69, 9.17) is 0 Å². The quantitative estimate of drug-likeness (QED) is 0.634. The van der Waals surface area contributed by atoms with Crippen LogP contribution in [0.4, 0.5) is 14.5 Å². The molecule has 3 aromatic rings. The first-order chi connectivity index (χ1) is 14.5. The molecule has 8 heteroatoms. The van der Waals surface area contributed by atoms with Gasteiger partial charge in [0.2, 0.25) is 5.91 Å². The first-order valence-corrected chi connectivity index (χ1v) is 9.55. The minimum atomic E-state index is -0.720. The summed E-state index contributed by atoms with van der Waals surface area (Å²) in [6, 6.07) is 7.42. The van der Waals surface area contributed by atoms with E-state index in [-0.39, 0.29) is 5.91 Å². The van der Waals surface area contributed by atoms with Crippen LogP contribution in [0.15, 0.2) is 55.1 Å². The number of benzene rings is 1. The standard InChI is InChI=1S/C22H21F2N5O/c1-28-12-17(9-26-28)22-16(8-25-10-20(22)24)4-7-21(30)27-19-5-2-15(3-6-19)11-29-13-18(23)14-29/h2-10,12,18H,11,13-14H2,1H3,(H,27,30). The van der Waals surface area contributed by atoms with Gasteiger partial charge >= 0.3 is 0 Å². The number of likely N-dealkylation sites (tertiary alicyclic amines) is 1. The topological polar surface area (TPSA) is 63.1 Å². The van der Waals surface area contributed by atoms with E-state index < -0.39 is 12.0 Å². The molecule has 1 amide bonds. The first-order valence-electron chi connectivity index (χ1n) is 9.55. The zero-order valence-electron chi connectivity index (χ0n) is 16.4. The summed E-state index contributed by atoms with van der Waals surface area (Å²) in [6.45, 7) is 1.64. The molecule has 6 nitrogen and oxygen atoms in total. The van der Waals surface area contributed by atoms with Crippen molar-refractivity contribution in [3.05, 3.63) is 72.1 Å². The van der Waals surface area contributed by atoms with Crippen molar-refractivity contribution in [3.8, 4) is 11.1 Å². The number of halogens is 2. The fourth-order valence-corrected chi connectivity index (χ4v) is 3.37. The predicted molar refractivity (Wildman–Crippen MR) is 111 cm³/mol. The molecule has 0 unspecified atom stereocenters. The Bertz CT molecular complexity index is 1070. The van der Waals surface area contributed by atoms with E-state index in [0.29, 0.717) is 42.0 Å². The van der Waals surface area contributed by atoms with E-state index in [1.54, 1.807) is 36.3 Å². The number of pyridine rings is 1. The maximum atomic E-state index is 14.3. The molecule has 0 saturated carbocycles. The van der Waals surface area contributed by atoms with Gasteiger partial charge in [0.1, 0.15) is 12.0 Å². The van der Waals surface area contributed by atoms with Gasteiger partial charge in [-0.15, -0.1) is 0 Å². The number of hydrogen-bond donors (Lipinski definition) is 1. The summed E-state index contributed by atoms with van der Waals surface area (Å²) in [5.41, 5.74) is 3.13. The highest BCUT2D eigenvalue weighted by molar-refractivity contribution is 6.02. The molecule has 1 aliphatic rings. The Kier molecular flexibility index (Phi) is 5.67. The summed E-state index contributed by atoms with van der Waals surface area (Å²) in [4.78, 5) is 18.2. The lowest BCUT2D eigenvalue weighted by Crippen LogP contribution is -2.47. The molecule has 4 rings (SSSR count).